The Bertz CT molecular complexity index is 304. The Kier molecular flexibility index (Phi) is 4.58. The molecule has 5 nitrogen and oxygen atoms in total. The SMILES string of the molecule is O=C(O)CC1CCC(C(=O)N2CCOCC2)CC1. The van der Waals surface area contributed by atoms with Crippen molar-refractivity contribution < 1.29 is 19.4 Å². The molecule has 1 aliphatic carbocycles. The Morgan fingerprint density at radius 3 is 2.28 bits per heavy atom. The van der Waals surface area contributed by atoms with Gasteiger partial charge in [0.25, 0.3) is 0 Å². The number of hydrogen-bond donors (Lipinski definition) is 1. The number of carbonyl (C=O) groups excluding carboxylic acids is 1. The summed E-state index contributed by atoms with van der Waals surface area (Å²) in [5.41, 5.74) is 0. The van der Waals surface area contributed by atoms with Gasteiger partial charge in [0.1, 0.15) is 0 Å². The summed E-state index contributed by atoms with van der Waals surface area (Å²) >= 11 is 0. The fraction of sp³-hybridized carbons (Fsp3) is 0.846. The molecule has 0 aromatic rings. The van der Waals surface area contributed by atoms with Crippen LogP contribution in [0.5, 0.6) is 0 Å². The van der Waals surface area contributed by atoms with Gasteiger partial charge in [0.05, 0.1) is 13.2 Å². The largest absolute Gasteiger partial charge is 0.481 e. The molecule has 5 heteroatoms. The van der Waals surface area contributed by atoms with Gasteiger partial charge in [0.2, 0.25) is 5.91 Å². The van der Waals surface area contributed by atoms with Crippen LogP contribution in [0.1, 0.15) is 32.1 Å². The summed E-state index contributed by atoms with van der Waals surface area (Å²) in [4.78, 5) is 24.8. The van der Waals surface area contributed by atoms with E-state index in [1.165, 1.54) is 0 Å². The van der Waals surface area contributed by atoms with Crippen LogP contribution in [-0.4, -0.2) is 48.2 Å². The molecule has 0 unspecified atom stereocenters. The Balaban J connectivity index is 1.78. The fourth-order valence-electron chi connectivity index (χ4n) is 2.90. The fourth-order valence-corrected chi connectivity index (χ4v) is 2.90. The van der Waals surface area contributed by atoms with Gasteiger partial charge in [-0.15, -0.1) is 0 Å². The third kappa shape index (κ3) is 3.45. The molecule has 1 saturated carbocycles. The molecule has 1 heterocycles. The first-order valence-electron chi connectivity index (χ1n) is 6.75. The van der Waals surface area contributed by atoms with E-state index in [9.17, 15) is 9.59 Å². The maximum absolute atomic E-state index is 12.2. The van der Waals surface area contributed by atoms with Crippen molar-refractivity contribution >= 4 is 11.9 Å². The standard InChI is InChI=1S/C13H21NO4/c15-12(16)9-10-1-3-11(4-2-10)13(17)14-5-7-18-8-6-14/h10-11H,1-9H2,(H,15,16). The molecule has 1 saturated heterocycles. The van der Waals surface area contributed by atoms with Crippen molar-refractivity contribution in [3.8, 4) is 0 Å². The van der Waals surface area contributed by atoms with E-state index in [1.807, 2.05) is 4.90 Å². The van der Waals surface area contributed by atoms with E-state index in [2.05, 4.69) is 0 Å². The average Bonchev–Trinajstić information content (AvgIpc) is 2.39. The third-order valence-corrected chi connectivity index (χ3v) is 3.98. The first-order chi connectivity index (χ1) is 8.66. The van der Waals surface area contributed by atoms with Gasteiger partial charge in [0.15, 0.2) is 0 Å². The van der Waals surface area contributed by atoms with Gasteiger partial charge in [-0.25, -0.2) is 0 Å². The molecule has 102 valence electrons. The van der Waals surface area contributed by atoms with Crippen LogP contribution in [0.3, 0.4) is 0 Å². The molecule has 1 N–H and O–H groups in total. The van der Waals surface area contributed by atoms with E-state index in [4.69, 9.17) is 9.84 Å². The molecule has 1 amide bonds. The zero-order valence-electron chi connectivity index (χ0n) is 10.6. The summed E-state index contributed by atoms with van der Waals surface area (Å²) in [6.07, 6.45) is 3.67. The third-order valence-electron chi connectivity index (χ3n) is 3.98. The zero-order chi connectivity index (χ0) is 13.0. The highest BCUT2D eigenvalue weighted by Gasteiger charge is 2.30. The molecule has 0 aromatic heterocycles. The van der Waals surface area contributed by atoms with E-state index in [-0.39, 0.29) is 24.2 Å². The van der Waals surface area contributed by atoms with E-state index >= 15 is 0 Å². The second kappa shape index (κ2) is 6.18. The molecular weight excluding hydrogens is 234 g/mol. The second-order valence-electron chi connectivity index (χ2n) is 5.25. The molecule has 0 atom stereocenters. The van der Waals surface area contributed by atoms with Crippen LogP contribution in [0.4, 0.5) is 0 Å². The first kappa shape index (κ1) is 13.3. The van der Waals surface area contributed by atoms with Crippen molar-refractivity contribution in [1.29, 1.82) is 0 Å². The summed E-state index contributed by atoms with van der Waals surface area (Å²) in [7, 11) is 0. The van der Waals surface area contributed by atoms with Gasteiger partial charge in [0, 0.05) is 25.4 Å². The van der Waals surface area contributed by atoms with E-state index in [1.54, 1.807) is 0 Å². The number of rotatable bonds is 3. The first-order valence-corrected chi connectivity index (χ1v) is 6.75. The molecule has 18 heavy (non-hydrogen) atoms. The Labute approximate surface area is 107 Å². The Morgan fingerprint density at radius 1 is 1.11 bits per heavy atom. The quantitative estimate of drug-likeness (QED) is 0.821. The number of morpholine rings is 1. The lowest BCUT2D eigenvalue weighted by molar-refractivity contribution is -0.141. The predicted molar refractivity (Wildman–Crippen MR) is 65.1 cm³/mol. The highest BCUT2D eigenvalue weighted by molar-refractivity contribution is 5.79. The van der Waals surface area contributed by atoms with Crippen molar-refractivity contribution in [2.75, 3.05) is 26.3 Å². The zero-order valence-corrected chi connectivity index (χ0v) is 10.6. The summed E-state index contributed by atoms with van der Waals surface area (Å²) in [6, 6.07) is 0. The Hall–Kier alpha value is -1.10. The van der Waals surface area contributed by atoms with Crippen LogP contribution >= 0.6 is 0 Å². The van der Waals surface area contributed by atoms with Crippen LogP contribution < -0.4 is 0 Å². The molecule has 2 rings (SSSR count). The van der Waals surface area contributed by atoms with Crippen LogP contribution in [0, 0.1) is 11.8 Å². The van der Waals surface area contributed by atoms with Crippen LogP contribution in [0.25, 0.3) is 0 Å². The van der Waals surface area contributed by atoms with E-state index in [0.717, 1.165) is 25.7 Å². The molecule has 1 aliphatic heterocycles. The number of aliphatic carboxylic acids is 1. The van der Waals surface area contributed by atoms with Crippen molar-refractivity contribution in [2.24, 2.45) is 11.8 Å². The maximum atomic E-state index is 12.2. The molecule has 0 aromatic carbocycles. The topological polar surface area (TPSA) is 66.8 Å². The lowest BCUT2D eigenvalue weighted by atomic mass is 9.80. The smallest absolute Gasteiger partial charge is 0.303 e. The highest BCUT2D eigenvalue weighted by Crippen LogP contribution is 2.32. The van der Waals surface area contributed by atoms with Crippen molar-refractivity contribution in [3.05, 3.63) is 0 Å². The van der Waals surface area contributed by atoms with Gasteiger partial charge in [-0.1, -0.05) is 0 Å². The summed E-state index contributed by atoms with van der Waals surface area (Å²) in [5.74, 6) is -0.116. The normalized spacial score (nSPS) is 29.0. The predicted octanol–water partition coefficient (Wildman–Crippen LogP) is 1.13. The summed E-state index contributed by atoms with van der Waals surface area (Å²) in [6.45, 7) is 2.68. The molecule has 0 bridgehead atoms. The monoisotopic (exact) mass is 255 g/mol. The van der Waals surface area contributed by atoms with Crippen molar-refractivity contribution in [1.82, 2.24) is 4.90 Å². The molecule has 2 fully saturated rings. The second-order valence-corrected chi connectivity index (χ2v) is 5.25. The summed E-state index contributed by atoms with van der Waals surface area (Å²) in [5, 5.41) is 8.76. The number of amides is 1. The van der Waals surface area contributed by atoms with Gasteiger partial charge in [-0.2, -0.15) is 0 Å². The van der Waals surface area contributed by atoms with Crippen molar-refractivity contribution in [3.63, 3.8) is 0 Å². The number of hydrogen-bond acceptors (Lipinski definition) is 3. The number of ether oxygens (including phenoxy) is 1. The van der Waals surface area contributed by atoms with Gasteiger partial charge in [-0.05, 0) is 31.6 Å². The minimum absolute atomic E-state index is 0.105. The van der Waals surface area contributed by atoms with Crippen LogP contribution in [0.15, 0.2) is 0 Å². The van der Waals surface area contributed by atoms with Gasteiger partial charge < -0.3 is 14.7 Å². The molecule has 0 spiro atoms. The number of carbonyl (C=O) groups is 2. The van der Waals surface area contributed by atoms with Crippen LogP contribution in [0.2, 0.25) is 0 Å². The average molecular weight is 255 g/mol. The Morgan fingerprint density at radius 2 is 1.72 bits per heavy atom. The lowest BCUT2D eigenvalue weighted by Crippen LogP contribution is -2.44. The molecule has 2 aliphatic rings. The number of nitrogens with zero attached hydrogens (tertiary/aromatic N) is 1. The van der Waals surface area contributed by atoms with E-state index < -0.39 is 5.97 Å². The summed E-state index contributed by atoms with van der Waals surface area (Å²) < 4.78 is 5.24. The van der Waals surface area contributed by atoms with Crippen molar-refractivity contribution in [2.45, 2.75) is 32.1 Å². The number of carboxylic acid groups (broad SMARTS) is 1. The highest BCUT2D eigenvalue weighted by atomic mass is 16.5. The van der Waals surface area contributed by atoms with Gasteiger partial charge >= 0.3 is 5.97 Å². The van der Waals surface area contributed by atoms with Gasteiger partial charge in [-0.3, -0.25) is 9.59 Å². The maximum Gasteiger partial charge on any atom is 0.303 e. The minimum atomic E-state index is -0.724. The molecular formula is C13H21NO4. The van der Waals surface area contributed by atoms with E-state index in [0.29, 0.717) is 26.3 Å². The van der Waals surface area contributed by atoms with Crippen LogP contribution in [-0.2, 0) is 14.3 Å². The minimum Gasteiger partial charge on any atom is -0.481 e. The molecule has 0 radical (unpaired) electrons. The number of carboxylic acids is 1. The lowest BCUT2D eigenvalue weighted by Gasteiger charge is -2.33.